The molecule has 1 aliphatic rings. The molecule has 0 amide bonds. The molecule has 1 heterocycles. The first-order valence-electron chi connectivity index (χ1n) is 6.21. The molecular weight excluding hydrogens is 248 g/mol. The van der Waals surface area contributed by atoms with E-state index in [0.717, 1.165) is 17.7 Å². The largest absolute Gasteiger partial charge is 0.493 e. The van der Waals surface area contributed by atoms with Gasteiger partial charge in [-0.25, -0.2) is 4.79 Å². The third kappa shape index (κ3) is 3.05. The van der Waals surface area contributed by atoms with E-state index in [-0.39, 0.29) is 6.61 Å². The average Bonchev–Trinajstić information content (AvgIpc) is 2.83. The number of rotatable bonds is 4. The maximum absolute atomic E-state index is 11.8. The van der Waals surface area contributed by atoms with Crippen LogP contribution in [-0.4, -0.2) is 25.2 Å². The van der Waals surface area contributed by atoms with Gasteiger partial charge in [-0.15, -0.1) is 0 Å². The SMILES string of the molecule is CCOC(=O)C(OC(C)=O)c1ccc2c(c1)CCO2. The van der Waals surface area contributed by atoms with Crippen molar-refractivity contribution < 1.29 is 23.8 Å². The number of carbonyl (C=O) groups excluding carboxylic acids is 2. The molecular formula is C14H16O5. The molecule has 19 heavy (non-hydrogen) atoms. The normalized spacial score (nSPS) is 14.2. The molecule has 102 valence electrons. The molecule has 5 heteroatoms. The van der Waals surface area contributed by atoms with Crippen LogP contribution in [0.25, 0.3) is 0 Å². The van der Waals surface area contributed by atoms with E-state index in [1.807, 2.05) is 6.07 Å². The highest BCUT2D eigenvalue weighted by molar-refractivity contribution is 5.80. The van der Waals surface area contributed by atoms with Crippen molar-refractivity contribution in [2.24, 2.45) is 0 Å². The number of hydrogen-bond donors (Lipinski definition) is 0. The molecule has 0 fully saturated rings. The van der Waals surface area contributed by atoms with Crippen molar-refractivity contribution in [1.29, 1.82) is 0 Å². The van der Waals surface area contributed by atoms with Gasteiger partial charge in [-0.1, -0.05) is 6.07 Å². The molecule has 1 atom stereocenters. The second-order valence-corrected chi connectivity index (χ2v) is 4.21. The first-order chi connectivity index (χ1) is 9.11. The summed E-state index contributed by atoms with van der Waals surface area (Å²) in [6.07, 6.45) is -0.220. The van der Waals surface area contributed by atoms with E-state index in [1.165, 1.54) is 6.92 Å². The van der Waals surface area contributed by atoms with Crippen molar-refractivity contribution in [1.82, 2.24) is 0 Å². The Morgan fingerprint density at radius 2 is 2.21 bits per heavy atom. The zero-order chi connectivity index (χ0) is 13.8. The predicted octanol–water partition coefficient (Wildman–Crippen LogP) is 1.79. The topological polar surface area (TPSA) is 61.8 Å². The molecule has 0 saturated heterocycles. The van der Waals surface area contributed by atoms with Crippen LogP contribution >= 0.6 is 0 Å². The van der Waals surface area contributed by atoms with Gasteiger partial charge in [-0.05, 0) is 24.6 Å². The van der Waals surface area contributed by atoms with Gasteiger partial charge in [0.15, 0.2) is 0 Å². The number of carbonyl (C=O) groups is 2. The fourth-order valence-corrected chi connectivity index (χ4v) is 2.01. The lowest BCUT2D eigenvalue weighted by atomic mass is 10.0. The van der Waals surface area contributed by atoms with Gasteiger partial charge in [0.05, 0.1) is 13.2 Å². The summed E-state index contributed by atoms with van der Waals surface area (Å²) < 4.78 is 15.4. The molecule has 5 nitrogen and oxygen atoms in total. The summed E-state index contributed by atoms with van der Waals surface area (Å²) >= 11 is 0. The molecule has 0 saturated carbocycles. The Hall–Kier alpha value is -2.04. The highest BCUT2D eigenvalue weighted by Gasteiger charge is 2.26. The Kier molecular flexibility index (Phi) is 4.04. The molecule has 1 aromatic rings. The monoisotopic (exact) mass is 264 g/mol. The van der Waals surface area contributed by atoms with Gasteiger partial charge in [-0.2, -0.15) is 0 Å². The van der Waals surface area contributed by atoms with E-state index >= 15 is 0 Å². The Morgan fingerprint density at radius 3 is 2.89 bits per heavy atom. The lowest BCUT2D eigenvalue weighted by Crippen LogP contribution is -2.21. The van der Waals surface area contributed by atoms with Crippen LogP contribution < -0.4 is 4.74 Å². The second kappa shape index (κ2) is 5.73. The van der Waals surface area contributed by atoms with Crippen molar-refractivity contribution in [3.05, 3.63) is 29.3 Å². The highest BCUT2D eigenvalue weighted by atomic mass is 16.6. The van der Waals surface area contributed by atoms with Gasteiger partial charge >= 0.3 is 11.9 Å². The van der Waals surface area contributed by atoms with Crippen LogP contribution in [0, 0.1) is 0 Å². The molecule has 0 aliphatic carbocycles. The third-order valence-electron chi connectivity index (χ3n) is 2.80. The minimum Gasteiger partial charge on any atom is -0.493 e. The van der Waals surface area contributed by atoms with Gasteiger partial charge in [-0.3, -0.25) is 4.79 Å². The van der Waals surface area contributed by atoms with Gasteiger partial charge in [0.1, 0.15) is 5.75 Å². The lowest BCUT2D eigenvalue weighted by molar-refractivity contribution is -0.167. The molecule has 0 N–H and O–H groups in total. The molecule has 0 radical (unpaired) electrons. The molecule has 0 spiro atoms. The van der Waals surface area contributed by atoms with E-state index in [2.05, 4.69) is 0 Å². The number of hydrogen-bond acceptors (Lipinski definition) is 5. The molecule has 1 aliphatic heterocycles. The van der Waals surface area contributed by atoms with Gasteiger partial charge in [0.2, 0.25) is 6.10 Å². The van der Waals surface area contributed by atoms with E-state index < -0.39 is 18.0 Å². The van der Waals surface area contributed by atoms with Crippen molar-refractivity contribution in [3.63, 3.8) is 0 Å². The quantitative estimate of drug-likeness (QED) is 0.776. The van der Waals surface area contributed by atoms with Crippen LogP contribution in [0.1, 0.15) is 31.1 Å². The van der Waals surface area contributed by atoms with Gasteiger partial charge in [0, 0.05) is 18.9 Å². The predicted molar refractivity (Wildman–Crippen MR) is 66.8 cm³/mol. The van der Waals surface area contributed by atoms with Crippen LogP contribution in [-0.2, 0) is 25.5 Å². The Bertz CT molecular complexity index is 495. The fourth-order valence-electron chi connectivity index (χ4n) is 2.01. The lowest BCUT2D eigenvalue weighted by Gasteiger charge is -2.16. The maximum Gasteiger partial charge on any atom is 0.352 e. The summed E-state index contributed by atoms with van der Waals surface area (Å²) in [4.78, 5) is 23.0. The highest BCUT2D eigenvalue weighted by Crippen LogP contribution is 2.30. The Morgan fingerprint density at radius 1 is 1.42 bits per heavy atom. The molecule has 0 bridgehead atoms. The van der Waals surface area contributed by atoms with Crippen LogP contribution in [0.15, 0.2) is 18.2 Å². The molecule has 2 rings (SSSR count). The maximum atomic E-state index is 11.8. The first-order valence-corrected chi connectivity index (χ1v) is 6.21. The number of fused-ring (bicyclic) bond motifs is 1. The van der Waals surface area contributed by atoms with Gasteiger partial charge in [0.25, 0.3) is 0 Å². The zero-order valence-corrected chi connectivity index (χ0v) is 11.0. The van der Waals surface area contributed by atoms with Crippen molar-refractivity contribution >= 4 is 11.9 Å². The van der Waals surface area contributed by atoms with E-state index in [1.54, 1.807) is 19.1 Å². The summed E-state index contributed by atoms with van der Waals surface area (Å²) in [5.74, 6) is -0.263. The summed E-state index contributed by atoms with van der Waals surface area (Å²) in [6, 6.07) is 5.33. The van der Waals surface area contributed by atoms with Crippen LogP contribution in [0.5, 0.6) is 5.75 Å². The number of esters is 2. The van der Waals surface area contributed by atoms with Crippen LogP contribution in [0.3, 0.4) is 0 Å². The first kappa shape index (κ1) is 13.4. The smallest absolute Gasteiger partial charge is 0.352 e. The second-order valence-electron chi connectivity index (χ2n) is 4.21. The molecule has 1 aromatic carbocycles. The minimum absolute atomic E-state index is 0.241. The van der Waals surface area contributed by atoms with E-state index in [4.69, 9.17) is 14.2 Å². The molecule has 1 unspecified atom stereocenters. The zero-order valence-electron chi connectivity index (χ0n) is 11.0. The van der Waals surface area contributed by atoms with Crippen molar-refractivity contribution in [2.75, 3.05) is 13.2 Å². The van der Waals surface area contributed by atoms with Crippen LogP contribution in [0.4, 0.5) is 0 Å². The van der Waals surface area contributed by atoms with Crippen LogP contribution in [0.2, 0.25) is 0 Å². The summed E-state index contributed by atoms with van der Waals surface area (Å²) in [5.41, 5.74) is 1.62. The Balaban J connectivity index is 2.26. The summed E-state index contributed by atoms with van der Waals surface area (Å²) in [5, 5.41) is 0. The van der Waals surface area contributed by atoms with Gasteiger partial charge < -0.3 is 14.2 Å². The minimum atomic E-state index is -1.01. The fraction of sp³-hybridized carbons (Fsp3) is 0.429. The van der Waals surface area contributed by atoms with E-state index in [0.29, 0.717) is 12.2 Å². The summed E-state index contributed by atoms with van der Waals surface area (Å²) in [7, 11) is 0. The average molecular weight is 264 g/mol. The summed E-state index contributed by atoms with van der Waals surface area (Å²) in [6.45, 7) is 3.85. The van der Waals surface area contributed by atoms with Crippen molar-refractivity contribution in [2.45, 2.75) is 26.4 Å². The third-order valence-corrected chi connectivity index (χ3v) is 2.80. The van der Waals surface area contributed by atoms with Crippen molar-refractivity contribution in [3.8, 4) is 5.75 Å². The Labute approximate surface area is 111 Å². The number of benzene rings is 1. The standard InChI is InChI=1S/C14H16O5/c1-3-17-14(16)13(19-9(2)15)11-4-5-12-10(8-11)6-7-18-12/h4-5,8,13H,3,6-7H2,1-2H3. The number of ether oxygens (including phenoxy) is 3. The van der Waals surface area contributed by atoms with E-state index in [9.17, 15) is 9.59 Å². The molecule has 0 aromatic heterocycles.